The molecule has 2 rings (SSSR count). The molecule has 1 aromatic rings. The molecule has 2 radical (unpaired) electrons. The van der Waals surface area contributed by atoms with Gasteiger partial charge >= 0.3 is 0 Å². The van der Waals surface area contributed by atoms with Crippen LogP contribution in [0.25, 0.3) is 10.5 Å². The van der Waals surface area contributed by atoms with Gasteiger partial charge in [0.15, 0.2) is 0 Å². The van der Waals surface area contributed by atoms with Gasteiger partial charge in [0, 0.05) is 4.91 Å². The Morgan fingerprint density at radius 2 is 1.81 bits per heavy atom. The zero-order valence-corrected chi connectivity index (χ0v) is 18.1. The van der Waals surface area contributed by atoms with Crippen molar-refractivity contribution >= 4 is 42.7 Å². The van der Waals surface area contributed by atoms with E-state index in [2.05, 4.69) is 32.4 Å². The molecule has 0 aliphatic heterocycles. The summed E-state index contributed by atoms with van der Waals surface area (Å²) in [7, 11) is 5.93. The van der Waals surface area contributed by atoms with Gasteiger partial charge in [-0.2, -0.15) is 12.6 Å². The van der Waals surface area contributed by atoms with Gasteiger partial charge in [-0.25, -0.2) is 4.39 Å². The van der Waals surface area contributed by atoms with Crippen molar-refractivity contribution in [2.24, 2.45) is 0 Å². The monoisotopic (exact) mass is 386 g/mol. The number of fused-ring (bicyclic) bond motifs is 1. The summed E-state index contributed by atoms with van der Waals surface area (Å²) < 4.78 is 15.1. The molecule has 4 heteroatoms. The molecule has 0 heterocycles. The summed E-state index contributed by atoms with van der Waals surface area (Å²) >= 11 is 5.09. The van der Waals surface area contributed by atoms with E-state index in [0.29, 0.717) is 16.7 Å². The van der Waals surface area contributed by atoms with Crippen molar-refractivity contribution in [2.75, 3.05) is 6.26 Å². The Hall–Kier alpha value is -1.39. The molecule has 1 atom stereocenters. The highest BCUT2D eigenvalue weighted by Crippen LogP contribution is 2.48. The molecule has 0 bridgehead atoms. The van der Waals surface area contributed by atoms with E-state index in [1.54, 1.807) is 30.2 Å². The second kappa shape index (κ2) is 11.4. The van der Waals surface area contributed by atoms with Crippen LogP contribution >= 0.6 is 24.4 Å². The van der Waals surface area contributed by atoms with E-state index in [9.17, 15) is 0 Å². The fraction of sp³-hybridized carbons (Fsp3) is 0.273. The highest BCUT2D eigenvalue weighted by Gasteiger charge is 2.39. The Kier molecular flexibility index (Phi) is 10.7. The van der Waals surface area contributed by atoms with Gasteiger partial charge in [0.05, 0.1) is 0 Å². The molecule has 138 valence electrons. The first kappa shape index (κ1) is 24.6. The van der Waals surface area contributed by atoms with Gasteiger partial charge in [-0.15, -0.1) is 0 Å². The minimum atomic E-state index is -2.04. The van der Waals surface area contributed by atoms with Crippen LogP contribution in [0.1, 0.15) is 44.4 Å². The second-order valence-electron chi connectivity index (χ2n) is 5.16. The van der Waals surface area contributed by atoms with Gasteiger partial charge in [0.2, 0.25) is 0 Å². The topological polar surface area (TPSA) is 0 Å². The van der Waals surface area contributed by atoms with Crippen molar-refractivity contribution in [3.05, 3.63) is 83.3 Å². The second-order valence-corrected chi connectivity index (χ2v) is 6.51. The number of benzene rings is 1. The predicted molar refractivity (Wildman–Crippen MR) is 125 cm³/mol. The summed E-state index contributed by atoms with van der Waals surface area (Å²) in [6.45, 7) is 19.2. The maximum absolute atomic E-state index is 15.1. The molecule has 0 saturated heterocycles. The molecule has 0 nitrogen and oxygen atoms in total. The lowest BCUT2D eigenvalue weighted by Crippen LogP contribution is -2.19. The third-order valence-corrected chi connectivity index (χ3v) is 4.66. The lowest BCUT2D eigenvalue weighted by molar-refractivity contribution is 0.347. The van der Waals surface area contributed by atoms with E-state index >= 15 is 4.39 Å². The van der Waals surface area contributed by atoms with Crippen molar-refractivity contribution in [2.45, 2.75) is 33.3 Å². The van der Waals surface area contributed by atoms with Crippen molar-refractivity contribution in [1.29, 1.82) is 0 Å². The molecule has 1 aliphatic carbocycles. The SMILES string of the molecule is CC.CS.[B]C1(F)C(C=C)=C(C=C)c2ccc(/C(=C/C)SC(=C)C)cc21. The van der Waals surface area contributed by atoms with Gasteiger partial charge in [-0.1, -0.05) is 75.7 Å². The molecule has 0 saturated carbocycles. The van der Waals surface area contributed by atoms with Crippen LogP contribution in [-0.2, 0) is 5.57 Å². The number of hydrogen-bond acceptors (Lipinski definition) is 2. The Morgan fingerprint density at radius 1 is 1.23 bits per heavy atom. The van der Waals surface area contributed by atoms with Crippen LogP contribution in [0.15, 0.2) is 66.6 Å². The summed E-state index contributed by atoms with van der Waals surface area (Å²) in [5, 5.41) is 0. The van der Waals surface area contributed by atoms with Crippen molar-refractivity contribution < 1.29 is 4.39 Å². The number of hydrogen-bond donors (Lipinski definition) is 1. The fourth-order valence-corrected chi connectivity index (χ4v) is 3.41. The molecule has 0 aromatic heterocycles. The zero-order chi connectivity index (χ0) is 20.5. The van der Waals surface area contributed by atoms with Crippen molar-refractivity contribution in [3.63, 3.8) is 0 Å². The average Bonchev–Trinajstić information content (AvgIpc) is 2.88. The van der Waals surface area contributed by atoms with Crippen LogP contribution in [-0.4, -0.2) is 14.1 Å². The molecule has 0 spiro atoms. The van der Waals surface area contributed by atoms with Gasteiger partial charge in [0.1, 0.15) is 13.4 Å². The van der Waals surface area contributed by atoms with Crippen molar-refractivity contribution in [1.82, 2.24) is 0 Å². The molecule has 1 aliphatic rings. The first-order valence-electron chi connectivity index (χ1n) is 8.43. The highest BCUT2D eigenvalue weighted by molar-refractivity contribution is 8.11. The van der Waals surface area contributed by atoms with Gasteiger partial charge in [-0.05, 0) is 58.9 Å². The van der Waals surface area contributed by atoms with Gasteiger partial charge in [-0.3, -0.25) is 0 Å². The van der Waals surface area contributed by atoms with Crippen LogP contribution < -0.4 is 0 Å². The molecule has 0 N–H and O–H groups in total. The summed E-state index contributed by atoms with van der Waals surface area (Å²) in [6.07, 6.45) is 6.78. The largest absolute Gasteiger partial charge is 0.245 e. The molecule has 0 amide bonds. The number of halogens is 1. The van der Waals surface area contributed by atoms with Crippen LogP contribution in [0.3, 0.4) is 0 Å². The third-order valence-electron chi connectivity index (χ3n) is 3.62. The first-order valence-corrected chi connectivity index (χ1v) is 10.1. The molecule has 0 fully saturated rings. The number of allylic oxidation sites excluding steroid dienone is 6. The Morgan fingerprint density at radius 3 is 2.23 bits per heavy atom. The van der Waals surface area contributed by atoms with E-state index in [1.165, 1.54) is 6.08 Å². The quantitative estimate of drug-likeness (QED) is 0.409. The number of rotatable bonds is 5. The number of thioether (sulfide) groups is 1. The smallest absolute Gasteiger partial charge is 0.134 e. The Balaban J connectivity index is 0.00000146. The van der Waals surface area contributed by atoms with E-state index in [-0.39, 0.29) is 0 Å². The standard InChI is InChI=1S/C19H18BFS.C2H6.CH4S/c1-6-14-15-10-9-13(18(8-3)22-12(4)5)11-17(15)19(20,21)16(14)7-2;2*1-2/h6-11H,1-2,4H2,3,5H3;1-2H3;2H,1H3/b18-8-;;. The first-order chi connectivity index (χ1) is 12.4. The summed E-state index contributed by atoms with van der Waals surface area (Å²) in [4.78, 5) is 2.00. The third kappa shape index (κ3) is 5.08. The summed E-state index contributed by atoms with van der Waals surface area (Å²) in [6, 6.07) is 5.66. The minimum absolute atomic E-state index is 0.365. The number of alkyl halides is 1. The number of thiol groups is 1. The van der Waals surface area contributed by atoms with Crippen LogP contribution in [0.2, 0.25) is 0 Å². The lowest BCUT2D eigenvalue weighted by atomic mass is 9.74. The maximum atomic E-state index is 15.1. The van der Waals surface area contributed by atoms with E-state index in [0.717, 1.165) is 20.9 Å². The summed E-state index contributed by atoms with van der Waals surface area (Å²) in [5.74, 6) is 0. The fourth-order valence-electron chi connectivity index (χ4n) is 2.67. The lowest BCUT2D eigenvalue weighted by Gasteiger charge is -2.19. The van der Waals surface area contributed by atoms with Gasteiger partial charge in [0.25, 0.3) is 0 Å². The molecular formula is C22H28BFS2. The molecule has 26 heavy (non-hydrogen) atoms. The highest BCUT2D eigenvalue weighted by atomic mass is 32.2. The van der Waals surface area contributed by atoms with Crippen LogP contribution in [0.4, 0.5) is 4.39 Å². The van der Waals surface area contributed by atoms with E-state index < -0.39 is 5.57 Å². The molecule has 1 unspecified atom stereocenters. The summed E-state index contributed by atoms with van der Waals surface area (Å²) in [5.41, 5.74) is 1.19. The van der Waals surface area contributed by atoms with Crippen LogP contribution in [0, 0.1) is 0 Å². The predicted octanol–water partition coefficient (Wildman–Crippen LogP) is 7.32. The molecular weight excluding hydrogens is 358 g/mol. The van der Waals surface area contributed by atoms with Crippen molar-refractivity contribution in [3.8, 4) is 0 Å². The normalized spacial score (nSPS) is 18.0. The Labute approximate surface area is 169 Å². The van der Waals surface area contributed by atoms with E-state index in [4.69, 9.17) is 7.85 Å². The van der Waals surface area contributed by atoms with Gasteiger partial charge < -0.3 is 0 Å². The Bertz CT molecular complexity index is 728. The molecule has 1 aromatic carbocycles. The average molecular weight is 386 g/mol. The van der Waals surface area contributed by atoms with Crippen LogP contribution in [0.5, 0.6) is 0 Å². The minimum Gasteiger partial charge on any atom is -0.245 e. The zero-order valence-electron chi connectivity index (χ0n) is 16.4. The van der Waals surface area contributed by atoms with E-state index in [1.807, 2.05) is 45.9 Å². The maximum Gasteiger partial charge on any atom is 0.134 e.